The molecule has 0 heterocycles. The van der Waals surface area contributed by atoms with Crippen molar-refractivity contribution in [2.24, 2.45) is 5.92 Å². The first kappa shape index (κ1) is 12.9. The Balaban J connectivity index is 2.74. The van der Waals surface area contributed by atoms with Gasteiger partial charge in [-0.25, -0.2) is 0 Å². The first-order chi connectivity index (χ1) is 7.57. The van der Waals surface area contributed by atoms with Crippen molar-refractivity contribution in [3.63, 3.8) is 0 Å². The molecule has 2 nitrogen and oxygen atoms in total. The zero-order valence-electron chi connectivity index (χ0n) is 10.2. The van der Waals surface area contributed by atoms with E-state index in [4.69, 9.17) is 0 Å². The highest BCUT2D eigenvalue weighted by atomic mass is 16.3. The number of aliphatic hydroxyl groups excluding tert-OH is 1. The summed E-state index contributed by atoms with van der Waals surface area (Å²) in [6, 6.07) is 9.81. The van der Waals surface area contributed by atoms with Gasteiger partial charge in [0.25, 0.3) is 0 Å². The molecule has 1 aromatic rings. The lowest BCUT2D eigenvalue weighted by molar-refractivity contribution is -0.125. The van der Waals surface area contributed by atoms with Gasteiger partial charge in [0.15, 0.2) is 0 Å². The molecule has 0 aliphatic carbocycles. The Hall–Kier alpha value is -1.15. The Morgan fingerprint density at radius 1 is 1.25 bits per heavy atom. The molecule has 1 aromatic carbocycles. The Labute approximate surface area is 97.3 Å². The third kappa shape index (κ3) is 2.92. The molecule has 1 N–H and O–H groups in total. The molecule has 0 amide bonds. The second kappa shape index (κ2) is 5.80. The number of hydrogen-bond acceptors (Lipinski definition) is 2. The predicted octanol–water partition coefficient (Wildman–Crippen LogP) is 2.77. The molecule has 88 valence electrons. The lowest BCUT2D eigenvalue weighted by Crippen LogP contribution is -2.29. The monoisotopic (exact) mass is 220 g/mol. The number of aliphatic hydroxyl groups is 1. The van der Waals surface area contributed by atoms with Gasteiger partial charge in [0.05, 0.1) is 6.10 Å². The smallest absolute Gasteiger partial charge is 0.138 e. The predicted molar refractivity (Wildman–Crippen MR) is 65.3 cm³/mol. The first-order valence-corrected chi connectivity index (χ1v) is 5.83. The quantitative estimate of drug-likeness (QED) is 0.828. The number of carbonyl (C=O) groups excluding carboxylic acids is 1. The van der Waals surface area contributed by atoms with E-state index in [9.17, 15) is 9.90 Å². The normalized spacial score (nSPS) is 16.5. The van der Waals surface area contributed by atoms with Crippen molar-refractivity contribution in [3.8, 4) is 0 Å². The number of benzene rings is 1. The van der Waals surface area contributed by atoms with Crippen molar-refractivity contribution in [1.29, 1.82) is 0 Å². The summed E-state index contributed by atoms with van der Waals surface area (Å²) in [6.07, 6.45) is -0.116. The third-order valence-electron chi connectivity index (χ3n) is 3.21. The van der Waals surface area contributed by atoms with Crippen LogP contribution >= 0.6 is 0 Å². The maximum absolute atomic E-state index is 11.5. The summed E-state index contributed by atoms with van der Waals surface area (Å²) in [5.41, 5.74) is 1.07. The summed E-state index contributed by atoms with van der Waals surface area (Å²) < 4.78 is 0. The third-order valence-corrected chi connectivity index (χ3v) is 3.21. The van der Waals surface area contributed by atoms with E-state index >= 15 is 0 Å². The summed E-state index contributed by atoms with van der Waals surface area (Å²) in [5.74, 6) is -0.179. The zero-order chi connectivity index (χ0) is 12.1. The molecule has 0 bridgehead atoms. The van der Waals surface area contributed by atoms with Crippen molar-refractivity contribution in [2.45, 2.75) is 39.2 Å². The highest BCUT2D eigenvalue weighted by molar-refractivity contribution is 5.81. The molecule has 0 unspecified atom stereocenters. The van der Waals surface area contributed by atoms with Gasteiger partial charge in [-0.1, -0.05) is 51.1 Å². The topological polar surface area (TPSA) is 37.3 Å². The summed E-state index contributed by atoms with van der Waals surface area (Å²) in [6.45, 7) is 5.59. The van der Waals surface area contributed by atoms with Gasteiger partial charge in [-0.3, -0.25) is 4.79 Å². The lowest BCUT2D eigenvalue weighted by atomic mass is 9.85. The molecule has 16 heavy (non-hydrogen) atoms. The van der Waals surface area contributed by atoms with Crippen LogP contribution in [0.15, 0.2) is 30.3 Å². The Kier molecular flexibility index (Phi) is 4.69. The van der Waals surface area contributed by atoms with Gasteiger partial charge in [-0.15, -0.1) is 0 Å². The van der Waals surface area contributed by atoms with E-state index in [1.165, 1.54) is 0 Å². The molecular weight excluding hydrogens is 200 g/mol. The van der Waals surface area contributed by atoms with Crippen molar-refractivity contribution in [1.82, 2.24) is 0 Å². The van der Waals surface area contributed by atoms with Crippen LogP contribution in [0.3, 0.4) is 0 Å². The average molecular weight is 220 g/mol. The van der Waals surface area contributed by atoms with Crippen LogP contribution in [0, 0.1) is 5.92 Å². The van der Waals surface area contributed by atoms with E-state index in [1.54, 1.807) is 6.92 Å². The van der Waals surface area contributed by atoms with E-state index in [2.05, 4.69) is 0 Å². The Morgan fingerprint density at radius 2 is 1.81 bits per heavy atom. The van der Waals surface area contributed by atoms with Gasteiger partial charge in [0, 0.05) is 18.3 Å². The second-order valence-electron chi connectivity index (χ2n) is 4.30. The molecule has 3 atom stereocenters. The summed E-state index contributed by atoms with van der Waals surface area (Å²) in [7, 11) is 0. The van der Waals surface area contributed by atoms with Crippen LogP contribution in [-0.2, 0) is 4.79 Å². The number of ketones is 1. The van der Waals surface area contributed by atoms with E-state index in [0.29, 0.717) is 6.42 Å². The minimum atomic E-state index is -0.602. The largest absolute Gasteiger partial charge is 0.392 e. The molecule has 0 radical (unpaired) electrons. The van der Waals surface area contributed by atoms with E-state index < -0.39 is 6.10 Å². The zero-order valence-corrected chi connectivity index (χ0v) is 10.2. The maximum atomic E-state index is 11.5. The van der Waals surface area contributed by atoms with E-state index in [0.717, 1.165) is 5.56 Å². The van der Waals surface area contributed by atoms with E-state index in [1.807, 2.05) is 44.2 Å². The lowest BCUT2D eigenvalue weighted by Gasteiger charge is -2.24. The highest BCUT2D eigenvalue weighted by Crippen LogP contribution is 2.24. The molecule has 2 heteroatoms. The summed E-state index contributed by atoms with van der Waals surface area (Å²) in [5, 5.41) is 10.1. The molecule has 0 aliphatic rings. The number of Topliss-reactive ketones (excluding diaryl/α,β-unsaturated/α-hetero) is 1. The molecule has 0 spiro atoms. The molecule has 0 saturated carbocycles. The Bertz CT molecular complexity index is 332. The van der Waals surface area contributed by atoms with E-state index in [-0.39, 0.29) is 17.6 Å². The molecule has 0 aliphatic heterocycles. The molecule has 1 rings (SSSR count). The fourth-order valence-electron chi connectivity index (χ4n) is 1.90. The van der Waals surface area contributed by atoms with Gasteiger partial charge in [0.1, 0.15) is 5.78 Å². The second-order valence-corrected chi connectivity index (χ2v) is 4.30. The van der Waals surface area contributed by atoms with Crippen LogP contribution in [-0.4, -0.2) is 17.0 Å². The van der Waals surface area contributed by atoms with Crippen molar-refractivity contribution >= 4 is 5.78 Å². The Morgan fingerprint density at radius 3 is 2.31 bits per heavy atom. The van der Waals surface area contributed by atoms with Crippen LogP contribution in [0.1, 0.15) is 38.7 Å². The van der Waals surface area contributed by atoms with Crippen molar-refractivity contribution < 1.29 is 9.90 Å². The van der Waals surface area contributed by atoms with Crippen LogP contribution in [0.4, 0.5) is 0 Å². The van der Waals surface area contributed by atoms with Crippen LogP contribution in [0.5, 0.6) is 0 Å². The SMILES string of the molecule is CCC(=O)[C@@H](C)[C@H](O)[C@@H](C)c1ccccc1. The first-order valence-electron chi connectivity index (χ1n) is 5.83. The number of hydrogen-bond donors (Lipinski definition) is 1. The van der Waals surface area contributed by atoms with Crippen LogP contribution < -0.4 is 0 Å². The fourth-order valence-corrected chi connectivity index (χ4v) is 1.90. The minimum Gasteiger partial charge on any atom is -0.392 e. The van der Waals surface area contributed by atoms with Gasteiger partial charge in [-0.05, 0) is 5.56 Å². The van der Waals surface area contributed by atoms with Crippen LogP contribution in [0.2, 0.25) is 0 Å². The number of rotatable bonds is 5. The van der Waals surface area contributed by atoms with Crippen LogP contribution in [0.25, 0.3) is 0 Å². The summed E-state index contributed by atoms with van der Waals surface area (Å²) in [4.78, 5) is 11.5. The van der Waals surface area contributed by atoms with Crippen molar-refractivity contribution in [2.75, 3.05) is 0 Å². The standard InChI is InChI=1S/C14H20O2/c1-4-13(15)11(3)14(16)10(2)12-8-6-5-7-9-12/h5-11,14,16H,4H2,1-3H3/t10-,11+,14+/m0/s1. The maximum Gasteiger partial charge on any atom is 0.138 e. The molecular formula is C14H20O2. The van der Waals surface area contributed by atoms with Crippen molar-refractivity contribution in [3.05, 3.63) is 35.9 Å². The minimum absolute atomic E-state index is 0.00769. The summed E-state index contributed by atoms with van der Waals surface area (Å²) >= 11 is 0. The van der Waals surface area contributed by atoms with Gasteiger partial charge in [-0.2, -0.15) is 0 Å². The number of carbonyl (C=O) groups is 1. The van der Waals surface area contributed by atoms with Gasteiger partial charge < -0.3 is 5.11 Å². The highest BCUT2D eigenvalue weighted by Gasteiger charge is 2.26. The fraction of sp³-hybridized carbons (Fsp3) is 0.500. The van der Waals surface area contributed by atoms with Gasteiger partial charge in [0.2, 0.25) is 0 Å². The van der Waals surface area contributed by atoms with Gasteiger partial charge >= 0.3 is 0 Å². The molecule has 0 aromatic heterocycles. The molecule has 0 saturated heterocycles. The average Bonchev–Trinajstić information content (AvgIpc) is 2.36. The molecule has 0 fully saturated rings.